The zero-order chi connectivity index (χ0) is 16.0. The molecule has 0 bridgehead atoms. The number of rotatable bonds is 6. The minimum Gasteiger partial charge on any atom is -0.478 e. The van der Waals surface area contributed by atoms with E-state index in [-0.39, 0.29) is 5.56 Å². The number of nitrogens with one attached hydrogen (secondary N) is 2. The van der Waals surface area contributed by atoms with E-state index < -0.39 is 17.6 Å². The van der Waals surface area contributed by atoms with E-state index in [1.54, 1.807) is 6.07 Å². The first-order chi connectivity index (χ1) is 9.73. The molecule has 0 aliphatic rings. The zero-order valence-electron chi connectivity index (χ0n) is 12.2. The standard InChI is InChI=1S/C14H19BrN2O4/c1-4-21-14(2,3)8-16-13(20)17-11-6-9(12(18)19)5-10(15)7-11/h5-7H,4,8H2,1-3H3,(H,18,19)(H2,16,17,20). The monoisotopic (exact) mass is 358 g/mol. The highest BCUT2D eigenvalue weighted by Crippen LogP contribution is 2.19. The Morgan fingerprint density at radius 2 is 2.00 bits per heavy atom. The second kappa shape index (κ2) is 7.42. The fourth-order valence-electron chi connectivity index (χ4n) is 1.70. The maximum Gasteiger partial charge on any atom is 0.335 e. The molecule has 1 aromatic carbocycles. The van der Waals surface area contributed by atoms with Crippen LogP contribution in [0.1, 0.15) is 31.1 Å². The third-order valence-electron chi connectivity index (χ3n) is 2.61. The van der Waals surface area contributed by atoms with E-state index in [2.05, 4.69) is 26.6 Å². The molecule has 1 aromatic rings. The van der Waals surface area contributed by atoms with Gasteiger partial charge in [-0.3, -0.25) is 0 Å². The number of ether oxygens (including phenoxy) is 1. The van der Waals surface area contributed by atoms with Gasteiger partial charge < -0.3 is 20.5 Å². The number of carboxylic acids is 1. The maximum atomic E-state index is 11.8. The molecule has 1 rings (SSSR count). The topological polar surface area (TPSA) is 87.7 Å². The van der Waals surface area contributed by atoms with E-state index in [4.69, 9.17) is 9.84 Å². The van der Waals surface area contributed by atoms with Gasteiger partial charge in [0.1, 0.15) is 0 Å². The molecule has 0 saturated carbocycles. The molecule has 116 valence electrons. The van der Waals surface area contributed by atoms with Gasteiger partial charge in [0, 0.05) is 23.3 Å². The number of halogens is 1. The summed E-state index contributed by atoms with van der Waals surface area (Å²) in [6.07, 6.45) is 0. The summed E-state index contributed by atoms with van der Waals surface area (Å²) < 4.78 is 6.05. The molecule has 0 spiro atoms. The molecule has 0 atom stereocenters. The zero-order valence-corrected chi connectivity index (χ0v) is 13.8. The van der Waals surface area contributed by atoms with Gasteiger partial charge in [0.25, 0.3) is 0 Å². The minimum atomic E-state index is -1.06. The van der Waals surface area contributed by atoms with Gasteiger partial charge in [-0.1, -0.05) is 15.9 Å². The average molecular weight is 359 g/mol. The molecule has 0 fully saturated rings. The van der Waals surface area contributed by atoms with Crippen LogP contribution < -0.4 is 10.6 Å². The van der Waals surface area contributed by atoms with Gasteiger partial charge in [0.05, 0.1) is 11.2 Å². The summed E-state index contributed by atoms with van der Waals surface area (Å²) in [6, 6.07) is 4.06. The number of carbonyl (C=O) groups excluding carboxylic acids is 1. The van der Waals surface area contributed by atoms with Gasteiger partial charge in [-0.15, -0.1) is 0 Å². The summed E-state index contributed by atoms with van der Waals surface area (Å²) in [5.74, 6) is -1.06. The van der Waals surface area contributed by atoms with Gasteiger partial charge in [0.2, 0.25) is 0 Å². The number of urea groups is 1. The molecule has 0 radical (unpaired) electrons. The first-order valence-electron chi connectivity index (χ1n) is 6.46. The Balaban J connectivity index is 2.65. The van der Waals surface area contributed by atoms with E-state index >= 15 is 0 Å². The minimum absolute atomic E-state index is 0.0920. The van der Waals surface area contributed by atoms with Crippen molar-refractivity contribution in [3.8, 4) is 0 Å². The van der Waals surface area contributed by atoms with Crippen molar-refractivity contribution in [2.45, 2.75) is 26.4 Å². The molecule has 0 saturated heterocycles. The molecular weight excluding hydrogens is 340 g/mol. The Morgan fingerprint density at radius 3 is 2.57 bits per heavy atom. The van der Waals surface area contributed by atoms with Crippen molar-refractivity contribution < 1.29 is 19.4 Å². The van der Waals surface area contributed by atoms with Crippen LogP contribution in [0.4, 0.5) is 10.5 Å². The molecule has 2 amide bonds. The number of anilines is 1. The number of hydrogen-bond donors (Lipinski definition) is 3. The number of hydrogen-bond acceptors (Lipinski definition) is 3. The predicted molar refractivity (Wildman–Crippen MR) is 83.8 cm³/mol. The van der Waals surface area contributed by atoms with Crippen molar-refractivity contribution in [1.82, 2.24) is 5.32 Å². The SMILES string of the molecule is CCOC(C)(C)CNC(=O)Nc1cc(Br)cc(C(=O)O)c1. The van der Waals surface area contributed by atoms with Crippen molar-refractivity contribution in [3.05, 3.63) is 28.2 Å². The van der Waals surface area contributed by atoms with E-state index in [0.717, 1.165) is 0 Å². The summed E-state index contributed by atoms with van der Waals surface area (Å²) in [7, 11) is 0. The third-order valence-corrected chi connectivity index (χ3v) is 3.07. The van der Waals surface area contributed by atoms with Crippen LogP contribution >= 0.6 is 15.9 Å². The Hall–Kier alpha value is -1.60. The Bertz CT molecular complexity index is 532. The van der Waals surface area contributed by atoms with E-state index in [0.29, 0.717) is 23.3 Å². The van der Waals surface area contributed by atoms with E-state index in [9.17, 15) is 9.59 Å². The molecule has 0 heterocycles. The molecule has 0 aliphatic heterocycles. The Labute approximate surface area is 132 Å². The molecule has 21 heavy (non-hydrogen) atoms. The van der Waals surface area contributed by atoms with Gasteiger partial charge in [-0.2, -0.15) is 0 Å². The van der Waals surface area contributed by atoms with E-state index in [1.807, 2.05) is 20.8 Å². The Morgan fingerprint density at radius 1 is 1.33 bits per heavy atom. The number of aromatic carboxylic acids is 1. The quantitative estimate of drug-likeness (QED) is 0.728. The summed E-state index contributed by atoms with van der Waals surface area (Å²) in [5.41, 5.74) is 0.0260. The average Bonchev–Trinajstić information content (AvgIpc) is 2.35. The third kappa shape index (κ3) is 6.14. The highest BCUT2D eigenvalue weighted by atomic mass is 79.9. The highest BCUT2D eigenvalue weighted by Gasteiger charge is 2.18. The predicted octanol–water partition coefficient (Wildman–Crippen LogP) is 3.08. The molecule has 0 aromatic heterocycles. The largest absolute Gasteiger partial charge is 0.478 e. The van der Waals surface area contributed by atoms with Crippen LogP contribution in [-0.4, -0.2) is 35.9 Å². The van der Waals surface area contributed by atoms with Crippen LogP contribution in [0, 0.1) is 0 Å². The second-order valence-corrected chi connectivity index (χ2v) is 5.95. The second-order valence-electron chi connectivity index (χ2n) is 5.03. The first-order valence-corrected chi connectivity index (χ1v) is 7.25. The normalized spacial score (nSPS) is 11.0. The van der Waals surface area contributed by atoms with Crippen molar-refractivity contribution in [2.75, 3.05) is 18.5 Å². The van der Waals surface area contributed by atoms with Crippen molar-refractivity contribution >= 4 is 33.6 Å². The van der Waals surface area contributed by atoms with Crippen LogP contribution in [0.15, 0.2) is 22.7 Å². The number of carboxylic acid groups (broad SMARTS) is 1. The highest BCUT2D eigenvalue weighted by molar-refractivity contribution is 9.10. The van der Waals surface area contributed by atoms with Crippen LogP contribution in [0.25, 0.3) is 0 Å². The van der Waals surface area contributed by atoms with Crippen LogP contribution in [0.3, 0.4) is 0 Å². The van der Waals surface area contributed by atoms with Crippen molar-refractivity contribution in [3.63, 3.8) is 0 Å². The number of benzene rings is 1. The van der Waals surface area contributed by atoms with Gasteiger partial charge in [-0.05, 0) is 39.0 Å². The lowest BCUT2D eigenvalue weighted by Gasteiger charge is -2.24. The lowest BCUT2D eigenvalue weighted by atomic mass is 10.1. The summed E-state index contributed by atoms with van der Waals surface area (Å²) in [5, 5.41) is 14.3. The van der Waals surface area contributed by atoms with Crippen LogP contribution in [0.5, 0.6) is 0 Å². The van der Waals surface area contributed by atoms with Crippen LogP contribution in [0.2, 0.25) is 0 Å². The summed E-state index contributed by atoms with van der Waals surface area (Å²) >= 11 is 3.21. The van der Waals surface area contributed by atoms with Crippen molar-refractivity contribution in [1.29, 1.82) is 0 Å². The summed E-state index contributed by atoms with van der Waals surface area (Å²) in [4.78, 5) is 22.8. The number of amides is 2. The van der Waals surface area contributed by atoms with Gasteiger partial charge in [-0.25, -0.2) is 9.59 Å². The molecule has 0 aliphatic carbocycles. The van der Waals surface area contributed by atoms with Crippen molar-refractivity contribution in [2.24, 2.45) is 0 Å². The van der Waals surface area contributed by atoms with Gasteiger partial charge in [0.15, 0.2) is 0 Å². The molecule has 3 N–H and O–H groups in total. The Kier molecular flexibility index (Phi) is 6.17. The first kappa shape index (κ1) is 17.5. The smallest absolute Gasteiger partial charge is 0.335 e. The molecule has 6 nitrogen and oxygen atoms in total. The molecule has 7 heteroatoms. The molecule has 0 unspecified atom stereocenters. The van der Waals surface area contributed by atoms with E-state index in [1.165, 1.54) is 12.1 Å². The van der Waals surface area contributed by atoms with Gasteiger partial charge >= 0.3 is 12.0 Å². The fourth-order valence-corrected chi connectivity index (χ4v) is 2.19. The number of carbonyl (C=O) groups is 2. The van der Waals surface area contributed by atoms with Crippen LogP contribution in [-0.2, 0) is 4.74 Å². The summed E-state index contributed by atoms with van der Waals surface area (Å²) in [6.45, 7) is 6.53. The lowest BCUT2D eigenvalue weighted by molar-refractivity contribution is -0.00663. The lowest BCUT2D eigenvalue weighted by Crippen LogP contribution is -2.42. The fraction of sp³-hybridized carbons (Fsp3) is 0.429. The molecular formula is C14H19BrN2O4. The maximum absolute atomic E-state index is 11.8.